The number of fused-ring (bicyclic) bond motifs is 1. The van der Waals surface area contributed by atoms with E-state index in [1.807, 2.05) is 36.3 Å². The number of halogens is 2. The van der Waals surface area contributed by atoms with Crippen LogP contribution in [-0.2, 0) is 15.7 Å². The first-order valence-corrected chi connectivity index (χ1v) is 15.9. The van der Waals surface area contributed by atoms with Gasteiger partial charge in [-0.1, -0.05) is 56.1 Å². The SMILES string of the molecule is CC(C)(C)OC(=O)N1CCC[C@H](O[Si](C)(C)C(C)(C)C)[C@H]1/C=C/Cn1cnc2cc(Cl)c(Cl)cc21. The number of amides is 1. The lowest BCUT2D eigenvalue weighted by molar-refractivity contribution is -0.00855. The van der Waals surface area contributed by atoms with Crippen LogP contribution in [0.3, 0.4) is 0 Å². The van der Waals surface area contributed by atoms with Crippen LogP contribution in [0.4, 0.5) is 4.79 Å². The van der Waals surface area contributed by atoms with Crippen molar-refractivity contribution < 1.29 is 14.0 Å². The molecule has 1 fully saturated rings. The van der Waals surface area contributed by atoms with Crippen molar-refractivity contribution in [2.45, 2.75) is 96.8 Å². The van der Waals surface area contributed by atoms with Crippen molar-refractivity contribution >= 4 is 48.6 Å². The van der Waals surface area contributed by atoms with Crippen LogP contribution in [0.25, 0.3) is 11.0 Å². The first-order chi connectivity index (χ1) is 16.1. The first-order valence-electron chi connectivity index (χ1n) is 12.2. The van der Waals surface area contributed by atoms with E-state index in [9.17, 15) is 4.79 Å². The molecule has 0 aliphatic carbocycles. The summed E-state index contributed by atoms with van der Waals surface area (Å²) in [6.45, 7) is 18.1. The number of hydrogen-bond donors (Lipinski definition) is 0. The molecule has 0 spiro atoms. The highest BCUT2D eigenvalue weighted by Crippen LogP contribution is 2.39. The zero-order chi connectivity index (χ0) is 26.2. The Bertz CT molecular complexity index is 1090. The molecule has 6 nitrogen and oxygen atoms in total. The molecule has 0 bridgehead atoms. The smallest absolute Gasteiger partial charge is 0.410 e. The Morgan fingerprint density at radius 1 is 1.17 bits per heavy atom. The first kappa shape index (κ1) is 28.0. The third kappa shape index (κ3) is 6.82. The fourth-order valence-electron chi connectivity index (χ4n) is 3.94. The van der Waals surface area contributed by atoms with Crippen LogP contribution in [-0.4, -0.2) is 53.2 Å². The predicted octanol–water partition coefficient (Wildman–Crippen LogP) is 7.69. The maximum atomic E-state index is 13.2. The number of imidazole rings is 1. The Morgan fingerprint density at radius 2 is 1.83 bits per heavy atom. The van der Waals surface area contributed by atoms with Crippen LogP contribution in [0.15, 0.2) is 30.6 Å². The van der Waals surface area contributed by atoms with Crippen LogP contribution in [0.5, 0.6) is 0 Å². The number of likely N-dealkylation sites (tertiary alicyclic amines) is 1. The summed E-state index contributed by atoms with van der Waals surface area (Å²) in [6.07, 6.45) is 7.34. The Balaban J connectivity index is 1.88. The summed E-state index contributed by atoms with van der Waals surface area (Å²) in [5.74, 6) is 0. The van der Waals surface area contributed by atoms with Crippen molar-refractivity contribution in [1.82, 2.24) is 14.5 Å². The highest BCUT2D eigenvalue weighted by atomic mass is 35.5. The van der Waals surface area contributed by atoms with Gasteiger partial charge in [-0.05, 0) is 63.9 Å². The third-order valence-corrected chi connectivity index (χ3v) is 12.0. The highest BCUT2D eigenvalue weighted by molar-refractivity contribution is 6.74. The number of nitrogens with zero attached hydrogens (tertiary/aromatic N) is 3. The van der Waals surface area contributed by atoms with Gasteiger partial charge in [-0.2, -0.15) is 0 Å². The Kier molecular flexibility index (Phi) is 8.36. The second-order valence-electron chi connectivity index (χ2n) is 11.8. The summed E-state index contributed by atoms with van der Waals surface area (Å²) in [6, 6.07) is 3.39. The summed E-state index contributed by atoms with van der Waals surface area (Å²) >= 11 is 12.4. The maximum absolute atomic E-state index is 13.2. The highest BCUT2D eigenvalue weighted by Gasteiger charge is 2.43. The molecule has 0 saturated carbocycles. The number of ether oxygens (including phenoxy) is 1. The quantitative estimate of drug-likeness (QED) is 0.288. The monoisotopic (exact) mass is 539 g/mol. The molecule has 1 saturated heterocycles. The molecule has 35 heavy (non-hydrogen) atoms. The van der Waals surface area contributed by atoms with Gasteiger partial charge in [0.15, 0.2) is 8.32 Å². The van der Waals surface area contributed by atoms with E-state index in [4.69, 9.17) is 32.4 Å². The number of benzene rings is 1. The molecular formula is C26H39Cl2N3O3Si. The summed E-state index contributed by atoms with van der Waals surface area (Å²) in [5.41, 5.74) is 1.14. The zero-order valence-corrected chi connectivity index (χ0v) is 24.7. The molecule has 9 heteroatoms. The zero-order valence-electron chi connectivity index (χ0n) is 22.2. The van der Waals surface area contributed by atoms with E-state index in [-0.39, 0.29) is 23.3 Å². The number of carbonyl (C=O) groups is 1. The average Bonchev–Trinajstić information content (AvgIpc) is 3.08. The number of allylic oxidation sites excluding steroid dienone is 1. The second-order valence-corrected chi connectivity index (χ2v) is 17.4. The maximum Gasteiger partial charge on any atom is 0.410 e. The molecule has 1 aromatic heterocycles. The standard InChI is InChI=1S/C26H39Cl2N3O3Si/c1-25(2,3)33-24(32)31-14-10-12-23(34-35(7,8)26(4,5)6)21(31)11-9-13-30-17-29-20-15-18(27)19(28)16-22(20)30/h9,11,15-17,21,23H,10,12-14H2,1-8H3/b11-9+/t21-,23+/m1/s1. The Labute approximate surface area is 220 Å². The van der Waals surface area contributed by atoms with Gasteiger partial charge in [0.05, 0.1) is 39.6 Å². The summed E-state index contributed by atoms with van der Waals surface area (Å²) in [7, 11) is -2.04. The lowest BCUT2D eigenvalue weighted by Crippen LogP contribution is -2.56. The summed E-state index contributed by atoms with van der Waals surface area (Å²) < 4.78 is 14.6. The van der Waals surface area contributed by atoms with Crippen LogP contribution in [0.1, 0.15) is 54.4 Å². The van der Waals surface area contributed by atoms with E-state index in [0.29, 0.717) is 23.1 Å². The minimum Gasteiger partial charge on any atom is -0.444 e. The average molecular weight is 541 g/mol. The number of piperidine rings is 1. The third-order valence-electron chi connectivity index (χ3n) is 6.81. The van der Waals surface area contributed by atoms with Gasteiger partial charge in [-0.3, -0.25) is 4.90 Å². The molecule has 0 radical (unpaired) electrons. The number of aromatic nitrogens is 2. The minimum atomic E-state index is -2.04. The fraction of sp³-hybridized carbons (Fsp3) is 0.615. The number of carbonyl (C=O) groups excluding carboxylic acids is 1. The van der Waals surface area contributed by atoms with E-state index in [1.54, 1.807) is 12.4 Å². The van der Waals surface area contributed by atoms with Gasteiger partial charge in [-0.25, -0.2) is 9.78 Å². The van der Waals surface area contributed by atoms with Crippen molar-refractivity contribution in [3.8, 4) is 0 Å². The van der Waals surface area contributed by atoms with Gasteiger partial charge >= 0.3 is 6.09 Å². The number of rotatable bonds is 5. The van der Waals surface area contributed by atoms with Crippen molar-refractivity contribution in [2.75, 3.05) is 6.54 Å². The summed E-state index contributed by atoms with van der Waals surface area (Å²) in [5, 5.41) is 1.06. The fourth-order valence-corrected chi connectivity index (χ4v) is 5.62. The minimum absolute atomic E-state index is 0.0751. The van der Waals surface area contributed by atoms with Crippen molar-refractivity contribution in [2.24, 2.45) is 0 Å². The van der Waals surface area contributed by atoms with Crippen molar-refractivity contribution in [3.63, 3.8) is 0 Å². The van der Waals surface area contributed by atoms with E-state index in [2.05, 4.69) is 51.0 Å². The Morgan fingerprint density at radius 3 is 2.46 bits per heavy atom. The van der Waals surface area contributed by atoms with Crippen molar-refractivity contribution in [3.05, 3.63) is 40.7 Å². The molecule has 194 valence electrons. The van der Waals surface area contributed by atoms with Crippen LogP contribution < -0.4 is 0 Å². The molecule has 1 aromatic carbocycles. The van der Waals surface area contributed by atoms with E-state index in [0.717, 1.165) is 23.9 Å². The molecule has 0 N–H and O–H groups in total. The van der Waals surface area contributed by atoms with Gasteiger partial charge in [0.1, 0.15) is 5.60 Å². The molecule has 2 aromatic rings. The van der Waals surface area contributed by atoms with Crippen LogP contribution in [0, 0.1) is 0 Å². The topological polar surface area (TPSA) is 56.6 Å². The van der Waals surface area contributed by atoms with E-state index >= 15 is 0 Å². The molecular weight excluding hydrogens is 501 g/mol. The van der Waals surface area contributed by atoms with Crippen LogP contribution >= 0.6 is 23.2 Å². The van der Waals surface area contributed by atoms with Gasteiger partial charge < -0.3 is 13.7 Å². The van der Waals surface area contributed by atoms with Gasteiger partial charge in [0, 0.05) is 13.1 Å². The molecule has 0 unspecified atom stereocenters. The molecule has 2 heterocycles. The predicted molar refractivity (Wildman–Crippen MR) is 147 cm³/mol. The normalized spacial score (nSPS) is 20.1. The molecule has 3 rings (SSSR count). The van der Waals surface area contributed by atoms with E-state index in [1.165, 1.54) is 0 Å². The Hall–Kier alpha value is -1.54. The summed E-state index contributed by atoms with van der Waals surface area (Å²) in [4.78, 5) is 19.4. The lowest BCUT2D eigenvalue weighted by Gasteiger charge is -2.46. The van der Waals surface area contributed by atoms with Gasteiger partial charge in [-0.15, -0.1) is 0 Å². The van der Waals surface area contributed by atoms with Crippen LogP contribution in [0.2, 0.25) is 28.2 Å². The molecule has 2 atom stereocenters. The van der Waals surface area contributed by atoms with Gasteiger partial charge in [0.2, 0.25) is 0 Å². The molecule has 1 amide bonds. The van der Waals surface area contributed by atoms with Gasteiger partial charge in [0.25, 0.3) is 0 Å². The second kappa shape index (κ2) is 10.4. The number of hydrogen-bond acceptors (Lipinski definition) is 4. The van der Waals surface area contributed by atoms with Crippen molar-refractivity contribution in [1.29, 1.82) is 0 Å². The molecule has 1 aliphatic rings. The lowest BCUT2D eigenvalue weighted by atomic mass is 9.99. The largest absolute Gasteiger partial charge is 0.444 e. The van der Waals surface area contributed by atoms with E-state index < -0.39 is 13.9 Å². The molecule has 1 aliphatic heterocycles.